The number of para-hydroxylation sites is 2. The third-order valence-corrected chi connectivity index (χ3v) is 12.1. The Bertz CT molecular complexity index is 2850. The van der Waals surface area contributed by atoms with Crippen molar-refractivity contribution in [3.8, 4) is 11.1 Å². The SMILES string of the molecule is Cc1ccc2c(c1)B1c3cc(C)ccc3N(c3ccc(C(C)(C)C)cc3)c3cc(C(C)(C)C)cc(c31)N2c1ccc(-c2cccc3c2oc2ccccc23)cc1. The number of aryl methyl sites for hydroxylation is 2. The highest BCUT2D eigenvalue weighted by molar-refractivity contribution is 7.00. The van der Waals surface area contributed by atoms with Crippen LogP contribution in [0.4, 0.5) is 34.1 Å². The maximum absolute atomic E-state index is 6.47. The van der Waals surface area contributed by atoms with E-state index in [2.05, 4.69) is 199 Å². The molecule has 0 saturated carbocycles. The Hall–Kier alpha value is -6.00. The average Bonchev–Trinajstić information content (AvgIpc) is 3.56. The predicted octanol–water partition coefficient (Wildman–Crippen LogP) is 12.5. The summed E-state index contributed by atoms with van der Waals surface area (Å²) in [5.74, 6) is 0. The summed E-state index contributed by atoms with van der Waals surface area (Å²) in [6.45, 7) is 18.4. The number of benzene rings is 7. The van der Waals surface area contributed by atoms with E-state index in [0.29, 0.717) is 0 Å². The Kier molecular flexibility index (Phi) is 7.55. The Labute approximate surface area is 331 Å². The molecule has 0 atom stereocenters. The molecule has 2 aliphatic rings. The first-order valence-corrected chi connectivity index (χ1v) is 20.0. The van der Waals surface area contributed by atoms with Crippen LogP contribution in [0.3, 0.4) is 0 Å². The van der Waals surface area contributed by atoms with Gasteiger partial charge in [0.05, 0.1) is 0 Å². The molecule has 0 bridgehead atoms. The fourth-order valence-electron chi connectivity index (χ4n) is 9.11. The average molecular weight is 727 g/mol. The second-order valence-electron chi connectivity index (χ2n) is 18.0. The van der Waals surface area contributed by atoms with Gasteiger partial charge in [0.2, 0.25) is 0 Å². The molecular formula is C52H47BN2O. The van der Waals surface area contributed by atoms with Gasteiger partial charge in [0.1, 0.15) is 11.2 Å². The minimum atomic E-state index is -0.0787. The summed E-state index contributed by atoms with van der Waals surface area (Å²) in [5.41, 5.74) is 20.6. The molecule has 0 fully saturated rings. The fourth-order valence-corrected chi connectivity index (χ4v) is 9.11. The summed E-state index contributed by atoms with van der Waals surface area (Å²) in [5, 5.41) is 2.29. The normalized spacial score (nSPS) is 13.6. The van der Waals surface area contributed by atoms with Crippen LogP contribution in [0.2, 0.25) is 0 Å². The molecule has 0 amide bonds. The van der Waals surface area contributed by atoms with Crippen molar-refractivity contribution in [3.63, 3.8) is 0 Å². The molecule has 0 spiro atoms. The number of rotatable bonds is 3. The van der Waals surface area contributed by atoms with Crippen LogP contribution in [0.5, 0.6) is 0 Å². The molecule has 3 heterocycles. The van der Waals surface area contributed by atoms with E-state index in [1.54, 1.807) is 0 Å². The first-order valence-electron chi connectivity index (χ1n) is 20.0. The molecule has 3 nitrogen and oxygen atoms in total. The van der Waals surface area contributed by atoms with Gasteiger partial charge in [0.25, 0.3) is 6.71 Å². The first kappa shape index (κ1) is 34.5. The highest BCUT2D eigenvalue weighted by atomic mass is 16.3. The summed E-state index contributed by atoms with van der Waals surface area (Å²) < 4.78 is 6.47. The van der Waals surface area contributed by atoms with Gasteiger partial charge >= 0.3 is 0 Å². The van der Waals surface area contributed by atoms with E-state index in [0.717, 1.165) is 38.8 Å². The summed E-state index contributed by atoms with van der Waals surface area (Å²) in [4.78, 5) is 5.05. The molecule has 0 aliphatic carbocycles. The third kappa shape index (κ3) is 5.33. The van der Waals surface area contributed by atoms with Gasteiger partial charge in [-0.2, -0.15) is 0 Å². The summed E-state index contributed by atoms with van der Waals surface area (Å²) in [6.07, 6.45) is 0. The lowest BCUT2D eigenvalue weighted by molar-refractivity contribution is 0.590. The summed E-state index contributed by atoms with van der Waals surface area (Å²) in [6, 6.07) is 52.2. The van der Waals surface area contributed by atoms with Gasteiger partial charge < -0.3 is 14.2 Å². The lowest BCUT2D eigenvalue weighted by Crippen LogP contribution is -2.61. The molecule has 274 valence electrons. The number of anilines is 6. The van der Waals surface area contributed by atoms with Crippen molar-refractivity contribution in [3.05, 3.63) is 162 Å². The second-order valence-corrected chi connectivity index (χ2v) is 18.0. The Morgan fingerprint density at radius 3 is 1.59 bits per heavy atom. The monoisotopic (exact) mass is 726 g/mol. The van der Waals surface area contributed by atoms with Gasteiger partial charge in [0.15, 0.2) is 0 Å². The standard InChI is InChI=1S/C52H47BN2O/c1-32-16-26-44-42(28-32)53-43-29-33(2)17-27-45(43)55(38-24-20-35(21-25-38)51(3,4)5)47-31-36(52(6,7)8)30-46(49(47)53)54(44)37-22-18-34(19-23-37)39-13-11-14-41-40-12-9-10-15-48(40)56-50(39)41/h9-31H,1-8H3. The molecule has 8 aromatic rings. The van der Waals surface area contributed by atoms with Gasteiger partial charge in [-0.3, -0.25) is 0 Å². The van der Waals surface area contributed by atoms with E-state index < -0.39 is 0 Å². The van der Waals surface area contributed by atoms with Crippen molar-refractivity contribution in [1.29, 1.82) is 0 Å². The maximum Gasteiger partial charge on any atom is 0.252 e. The van der Waals surface area contributed by atoms with E-state index in [1.807, 2.05) is 6.07 Å². The van der Waals surface area contributed by atoms with Crippen LogP contribution >= 0.6 is 0 Å². The van der Waals surface area contributed by atoms with Crippen molar-refractivity contribution in [2.24, 2.45) is 0 Å². The zero-order valence-corrected chi connectivity index (χ0v) is 33.7. The third-order valence-electron chi connectivity index (χ3n) is 12.1. The van der Waals surface area contributed by atoms with Crippen LogP contribution in [0, 0.1) is 13.8 Å². The molecule has 0 radical (unpaired) electrons. The molecule has 4 heteroatoms. The van der Waals surface area contributed by atoms with Gasteiger partial charge in [-0.15, -0.1) is 0 Å². The summed E-state index contributed by atoms with van der Waals surface area (Å²) in [7, 11) is 0. The van der Waals surface area contributed by atoms with Crippen LogP contribution in [0.15, 0.2) is 144 Å². The van der Waals surface area contributed by atoms with Gasteiger partial charge in [-0.05, 0) is 112 Å². The molecular weight excluding hydrogens is 679 g/mol. The van der Waals surface area contributed by atoms with Crippen molar-refractivity contribution in [2.75, 3.05) is 9.80 Å². The van der Waals surface area contributed by atoms with E-state index >= 15 is 0 Å². The van der Waals surface area contributed by atoms with E-state index in [1.165, 1.54) is 67.1 Å². The van der Waals surface area contributed by atoms with Crippen molar-refractivity contribution in [1.82, 2.24) is 0 Å². The van der Waals surface area contributed by atoms with Crippen molar-refractivity contribution < 1.29 is 4.42 Å². The summed E-state index contributed by atoms with van der Waals surface area (Å²) >= 11 is 0. The van der Waals surface area contributed by atoms with Crippen LogP contribution in [0.1, 0.15) is 63.8 Å². The Morgan fingerprint density at radius 1 is 0.482 bits per heavy atom. The molecule has 0 saturated heterocycles. The molecule has 1 aromatic heterocycles. The minimum absolute atomic E-state index is 0.0715. The lowest BCUT2D eigenvalue weighted by atomic mass is 9.33. The number of hydrogen-bond acceptors (Lipinski definition) is 3. The molecule has 0 unspecified atom stereocenters. The quantitative estimate of drug-likeness (QED) is 0.169. The van der Waals surface area contributed by atoms with Gasteiger partial charge in [-0.1, -0.05) is 138 Å². The highest BCUT2D eigenvalue weighted by Crippen LogP contribution is 2.47. The van der Waals surface area contributed by atoms with E-state index in [4.69, 9.17) is 4.42 Å². The smallest absolute Gasteiger partial charge is 0.252 e. The molecule has 56 heavy (non-hydrogen) atoms. The Balaban J connectivity index is 1.21. The predicted molar refractivity (Wildman–Crippen MR) is 240 cm³/mol. The second kappa shape index (κ2) is 12.3. The number of furan rings is 1. The molecule has 2 aliphatic heterocycles. The van der Waals surface area contributed by atoms with Gasteiger partial charge in [-0.25, -0.2) is 0 Å². The Morgan fingerprint density at radius 2 is 1.02 bits per heavy atom. The van der Waals surface area contributed by atoms with E-state index in [-0.39, 0.29) is 17.5 Å². The number of fused-ring (bicyclic) bond motifs is 7. The number of hydrogen-bond donors (Lipinski definition) is 0. The van der Waals surface area contributed by atoms with E-state index in [9.17, 15) is 0 Å². The lowest BCUT2D eigenvalue weighted by Gasteiger charge is -2.45. The molecule has 7 aromatic carbocycles. The molecule has 10 rings (SSSR count). The minimum Gasteiger partial charge on any atom is -0.455 e. The van der Waals surface area contributed by atoms with Crippen LogP contribution < -0.4 is 26.2 Å². The molecule has 0 N–H and O–H groups in total. The van der Waals surface area contributed by atoms with Crippen molar-refractivity contribution in [2.45, 2.75) is 66.2 Å². The number of nitrogens with zero attached hydrogens (tertiary/aromatic N) is 2. The topological polar surface area (TPSA) is 19.6 Å². The highest BCUT2D eigenvalue weighted by Gasteiger charge is 2.44. The van der Waals surface area contributed by atoms with Crippen LogP contribution in [-0.4, -0.2) is 6.71 Å². The zero-order chi connectivity index (χ0) is 38.7. The van der Waals surface area contributed by atoms with Gasteiger partial charge in [0, 0.05) is 50.5 Å². The maximum atomic E-state index is 6.47. The van der Waals surface area contributed by atoms with Crippen LogP contribution in [-0.2, 0) is 10.8 Å². The van der Waals surface area contributed by atoms with Crippen LogP contribution in [0.25, 0.3) is 33.1 Å². The zero-order valence-electron chi connectivity index (χ0n) is 33.7. The van der Waals surface area contributed by atoms with Crippen molar-refractivity contribution >= 4 is 79.2 Å². The fraction of sp³-hybridized carbons (Fsp3) is 0.192. The first-order chi connectivity index (χ1) is 26.8. The largest absolute Gasteiger partial charge is 0.455 e.